The van der Waals surface area contributed by atoms with Gasteiger partial charge in [0.1, 0.15) is 11.7 Å². The van der Waals surface area contributed by atoms with E-state index in [4.69, 9.17) is 22.9 Å². The van der Waals surface area contributed by atoms with Gasteiger partial charge in [-0.15, -0.1) is 0 Å². The smallest absolute Gasteiger partial charge is 0.272 e. The van der Waals surface area contributed by atoms with Crippen LogP contribution in [0.5, 0.6) is 0 Å². The van der Waals surface area contributed by atoms with Crippen molar-refractivity contribution >= 4 is 28.4 Å². The highest BCUT2D eigenvalue weighted by atomic mass is 16.2. The average Bonchev–Trinajstić information content (AvgIpc) is 2.92. The molecular formula is C29H41N7O3. The fraction of sp³-hybridized carbons (Fsp3) is 0.414. The second kappa shape index (κ2) is 14.5. The highest BCUT2D eigenvalue weighted by Crippen LogP contribution is 2.19. The molecule has 3 rings (SSSR count). The predicted molar refractivity (Wildman–Crippen MR) is 156 cm³/mol. The third kappa shape index (κ3) is 9.00. The first-order valence-electron chi connectivity index (χ1n) is 13.5. The summed E-state index contributed by atoms with van der Waals surface area (Å²) in [5, 5.41) is 6.28. The van der Waals surface area contributed by atoms with Crippen LogP contribution in [-0.4, -0.2) is 47.5 Å². The van der Waals surface area contributed by atoms with Crippen molar-refractivity contribution in [3.8, 4) is 0 Å². The number of pyridine rings is 1. The summed E-state index contributed by atoms with van der Waals surface area (Å²) in [7, 11) is 0. The van der Waals surface area contributed by atoms with Crippen molar-refractivity contribution in [3.05, 3.63) is 76.6 Å². The first-order chi connectivity index (χ1) is 18.7. The minimum Gasteiger partial charge on any atom is -0.343 e. The number of rotatable bonds is 15. The molecule has 0 aliphatic rings. The van der Waals surface area contributed by atoms with Crippen LogP contribution in [0.1, 0.15) is 44.1 Å². The fourth-order valence-electron chi connectivity index (χ4n) is 4.72. The van der Waals surface area contributed by atoms with E-state index in [1.54, 1.807) is 12.1 Å². The number of carbonyl (C=O) groups is 2. The Kier molecular flexibility index (Phi) is 11.2. The Balaban J connectivity index is 1.68. The van der Waals surface area contributed by atoms with Crippen LogP contribution in [0.3, 0.4) is 0 Å². The van der Waals surface area contributed by atoms with Crippen LogP contribution in [0, 0.1) is 0 Å². The van der Waals surface area contributed by atoms with Crippen LogP contribution in [-0.2, 0) is 16.0 Å². The maximum Gasteiger partial charge on any atom is 0.272 e. The summed E-state index contributed by atoms with van der Waals surface area (Å²) >= 11 is 0. The normalized spacial score (nSPS) is 13.1. The van der Waals surface area contributed by atoms with E-state index in [9.17, 15) is 14.4 Å². The van der Waals surface area contributed by atoms with Gasteiger partial charge in [0.2, 0.25) is 11.8 Å². The lowest BCUT2D eigenvalue weighted by molar-refractivity contribution is -0.127. The van der Waals surface area contributed by atoms with Crippen LogP contribution < -0.4 is 39.1 Å². The van der Waals surface area contributed by atoms with Gasteiger partial charge in [-0.3, -0.25) is 14.4 Å². The van der Waals surface area contributed by atoms with Crippen molar-refractivity contribution in [1.82, 2.24) is 10.3 Å². The summed E-state index contributed by atoms with van der Waals surface area (Å²) in [6.07, 6.45) is 3.83. The number of carbonyl (C=O) groups excluding carboxylic acids is 2. The van der Waals surface area contributed by atoms with Crippen molar-refractivity contribution in [2.45, 2.75) is 62.6 Å². The van der Waals surface area contributed by atoms with Crippen molar-refractivity contribution in [2.75, 3.05) is 18.4 Å². The molecule has 0 unspecified atom stereocenters. The second-order valence-electron chi connectivity index (χ2n) is 10.1. The Morgan fingerprint density at radius 2 is 1.56 bits per heavy atom. The van der Waals surface area contributed by atoms with E-state index in [1.165, 1.54) is 0 Å². The monoisotopic (exact) mass is 535 g/mol. The lowest BCUT2D eigenvalue weighted by Gasteiger charge is -2.29. The van der Waals surface area contributed by atoms with Crippen LogP contribution >= 0.6 is 0 Å². The number of nitrogens with one attached hydrogen (secondary N) is 3. The standard InChI is InChI=1S/C29H41N7O3/c30-17-15-29(33,16-18-31)14-6-10-22(32)26(37)35-24(13-12-20-7-2-1-3-8-20)27(38)36-25-19-21-9-4-5-11-23(21)34-28(25)39/h1-5,7-9,11,19,22,24H,6,10,12-18,30-33H2,(H,34,39)(H,35,37)(H,36,38)/t22-,24+/m0/s1. The molecule has 0 fully saturated rings. The molecule has 2 amide bonds. The van der Waals surface area contributed by atoms with Gasteiger partial charge in [0, 0.05) is 16.4 Å². The molecular weight excluding hydrogens is 494 g/mol. The number of para-hydroxylation sites is 1. The SMILES string of the molecule is NCCC(N)(CCN)CCC[C@H](N)C(=O)N[C@H](CCc1ccccc1)C(=O)Nc1cc2ccccc2[nH]c1=O. The second-order valence-corrected chi connectivity index (χ2v) is 10.1. The van der Waals surface area contributed by atoms with Crippen molar-refractivity contribution < 1.29 is 9.59 Å². The van der Waals surface area contributed by atoms with Crippen LogP contribution in [0.2, 0.25) is 0 Å². The number of hydrogen-bond donors (Lipinski definition) is 7. The Hall–Kier alpha value is -3.57. The molecule has 210 valence electrons. The minimum atomic E-state index is -0.891. The van der Waals surface area contributed by atoms with Gasteiger partial charge < -0.3 is 38.6 Å². The molecule has 11 N–H and O–H groups in total. The number of benzene rings is 2. The molecule has 10 nitrogen and oxygen atoms in total. The largest absolute Gasteiger partial charge is 0.343 e. The summed E-state index contributed by atoms with van der Waals surface area (Å²) in [5.74, 6) is -0.921. The quantitative estimate of drug-likeness (QED) is 0.153. The summed E-state index contributed by atoms with van der Waals surface area (Å²) in [6.45, 7) is 0.919. The molecule has 1 aromatic heterocycles. The fourth-order valence-corrected chi connectivity index (χ4v) is 4.72. The molecule has 10 heteroatoms. The molecule has 0 saturated carbocycles. The van der Waals surface area contributed by atoms with Gasteiger partial charge in [-0.05, 0) is 75.7 Å². The maximum atomic E-state index is 13.3. The lowest BCUT2D eigenvalue weighted by atomic mass is 9.86. The molecule has 39 heavy (non-hydrogen) atoms. The summed E-state index contributed by atoms with van der Waals surface area (Å²) in [6, 6.07) is 16.9. The van der Waals surface area contributed by atoms with E-state index < -0.39 is 35.0 Å². The van der Waals surface area contributed by atoms with E-state index >= 15 is 0 Å². The molecule has 0 aliphatic heterocycles. The van der Waals surface area contributed by atoms with Crippen LogP contribution in [0.4, 0.5) is 5.69 Å². The Bertz CT molecular complexity index is 1270. The number of aryl methyl sites for hydroxylation is 1. The van der Waals surface area contributed by atoms with Crippen molar-refractivity contribution in [3.63, 3.8) is 0 Å². The van der Waals surface area contributed by atoms with E-state index in [1.807, 2.05) is 48.5 Å². The molecule has 3 aromatic rings. The topological polar surface area (TPSA) is 195 Å². The molecule has 0 aliphatic carbocycles. The van der Waals surface area contributed by atoms with E-state index in [-0.39, 0.29) is 5.69 Å². The molecule has 0 bridgehead atoms. The lowest BCUT2D eigenvalue weighted by Crippen LogP contribution is -2.50. The number of fused-ring (bicyclic) bond motifs is 1. The van der Waals surface area contributed by atoms with Crippen molar-refractivity contribution in [1.29, 1.82) is 0 Å². The number of anilines is 1. The Labute approximate surface area is 228 Å². The first kappa shape index (κ1) is 30.0. The number of aromatic amines is 1. The van der Waals surface area contributed by atoms with Gasteiger partial charge in [0.25, 0.3) is 5.56 Å². The van der Waals surface area contributed by atoms with E-state index in [2.05, 4.69) is 15.6 Å². The van der Waals surface area contributed by atoms with Gasteiger partial charge in [0.15, 0.2) is 0 Å². The van der Waals surface area contributed by atoms with Gasteiger partial charge in [-0.1, -0.05) is 48.5 Å². The predicted octanol–water partition coefficient (Wildman–Crippen LogP) is 1.48. The molecule has 0 radical (unpaired) electrons. The zero-order chi connectivity index (χ0) is 28.3. The zero-order valence-electron chi connectivity index (χ0n) is 22.3. The third-order valence-electron chi connectivity index (χ3n) is 7.02. The molecule has 0 spiro atoms. The van der Waals surface area contributed by atoms with Crippen molar-refractivity contribution in [2.24, 2.45) is 22.9 Å². The molecule has 0 saturated heterocycles. The van der Waals surface area contributed by atoms with E-state index in [0.717, 1.165) is 10.9 Å². The first-order valence-corrected chi connectivity index (χ1v) is 13.5. The molecule has 2 aromatic carbocycles. The number of aromatic nitrogens is 1. The van der Waals surface area contributed by atoms with E-state index in [0.29, 0.717) is 63.6 Å². The average molecular weight is 536 g/mol. The summed E-state index contributed by atoms with van der Waals surface area (Å²) in [4.78, 5) is 41.7. The highest BCUT2D eigenvalue weighted by Gasteiger charge is 2.26. The van der Waals surface area contributed by atoms with Gasteiger partial charge in [-0.25, -0.2) is 0 Å². The summed E-state index contributed by atoms with van der Waals surface area (Å²) in [5.41, 5.74) is 24.9. The zero-order valence-corrected chi connectivity index (χ0v) is 22.3. The Morgan fingerprint density at radius 1 is 0.897 bits per heavy atom. The highest BCUT2D eigenvalue weighted by molar-refractivity contribution is 5.98. The Morgan fingerprint density at radius 3 is 2.26 bits per heavy atom. The number of nitrogens with two attached hydrogens (primary N) is 4. The van der Waals surface area contributed by atoms with Gasteiger partial charge in [-0.2, -0.15) is 0 Å². The summed E-state index contributed by atoms with van der Waals surface area (Å²) < 4.78 is 0. The number of hydrogen-bond acceptors (Lipinski definition) is 7. The molecule has 1 heterocycles. The number of H-pyrrole nitrogens is 1. The number of amides is 2. The van der Waals surface area contributed by atoms with Crippen LogP contribution in [0.15, 0.2) is 65.5 Å². The maximum absolute atomic E-state index is 13.3. The molecule has 2 atom stereocenters. The van der Waals surface area contributed by atoms with Crippen LogP contribution in [0.25, 0.3) is 10.9 Å². The minimum absolute atomic E-state index is 0.112. The van der Waals surface area contributed by atoms with Gasteiger partial charge in [0.05, 0.1) is 6.04 Å². The van der Waals surface area contributed by atoms with Gasteiger partial charge >= 0.3 is 0 Å². The third-order valence-corrected chi connectivity index (χ3v) is 7.02.